The number of piperidine rings is 1. The minimum absolute atomic E-state index is 0.0213. The highest BCUT2D eigenvalue weighted by atomic mass is 16.7. The van der Waals surface area contributed by atoms with E-state index in [1.165, 1.54) is 0 Å². The van der Waals surface area contributed by atoms with Crippen molar-refractivity contribution in [3.05, 3.63) is 23.9 Å². The number of pyridine rings is 1. The molecular weight excluding hydrogens is 336 g/mol. The van der Waals surface area contributed by atoms with Crippen molar-refractivity contribution in [3.63, 3.8) is 0 Å². The molecule has 0 bridgehead atoms. The van der Waals surface area contributed by atoms with Crippen molar-refractivity contribution >= 4 is 18.1 Å². The first-order valence-corrected chi connectivity index (χ1v) is 9.17. The van der Waals surface area contributed by atoms with Crippen molar-refractivity contribution in [2.75, 3.05) is 57.4 Å². The van der Waals surface area contributed by atoms with E-state index in [4.69, 9.17) is 9.47 Å². The number of carbonyl (C=O) groups is 2. The zero-order chi connectivity index (χ0) is 18.0. The number of ether oxygens (including phenoxy) is 2. The summed E-state index contributed by atoms with van der Waals surface area (Å²) >= 11 is 0. The molecule has 26 heavy (non-hydrogen) atoms. The second-order valence-corrected chi connectivity index (χ2v) is 6.93. The largest absolute Gasteiger partial charge is 0.353 e. The zero-order valence-corrected chi connectivity index (χ0v) is 14.8. The van der Waals surface area contributed by atoms with Crippen LogP contribution in [0.5, 0.6) is 0 Å². The number of rotatable bonds is 3. The van der Waals surface area contributed by atoms with E-state index in [9.17, 15) is 9.59 Å². The lowest BCUT2D eigenvalue weighted by atomic mass is 10.0. The highest BCUT2D eigenvalue weighted by Crippen LogP contribution is 2.31. The van der Waals surface area contributed by atoms with E-state index in [1.54, 1.807) is 17.2 Å². The quantitative estimate of drug-likeness (QED) is 0.724. The van der Waals surface area contributed by atoms with Gasteiger partial charge in [0.1, 0.15) is 5.82 Å². The summed E-state index contributed by atoms with van der Waals surface area (Å²) in [5, 5.41) is 0. The molecule has 0 aromatic carbocycles. The van der Waals surface area contributed by atoms with Gasteiger partial charge in [0.05, 0.1) is 13.2 Å². The Hall–Kier alpha value is -2.19. The van der Waals surface area contributed by atoms with Crippen molar-refractivity contribution in [1.29, 1.82) is 0 Å². The summed E-state index contributed by atoms with van der Waals surface area (Å²) in [5.41, 5.74) is 0.650. The minimum atomic E-state index is -0.474. The lowest BCUT2D eigenvalue weighted by Crippen LogP contribution is -2.47. The lowest BCUT2D eigenvalue weighted by Gasteiger charge is -2.37. The maximum atomic E-state index is 12.9. The van der Waals surface area contributed by atoms with E-state index in [2.05, 4.69) is 9.88 Å². The van der Waals surface area contributed by atoms with Crippen LogP contribution in [0.25, 0.3) is 0 Å². The molecule has 0 saturated carbocycles. The number of piperazine rings is 1. The normalized spacial score (nSPS) is 22.7. The van der Waals surface area contributed by atoms with Gasteiger partial charge >= 0.3 is 0 Å². The molecule has 1 aromatic heterocycles. The standard InChI is InChI=1S/C18H24N4O4/c23-14-20-7-9-21(10-8-20)16-13-15(1-4-19-16)17(24)22-5-2-18(3-6-22)25-11-12-26-18/h1,4,13-14H,2-3,5-12H2. The maximum Gasteiger partial charge on any atom is 0.254 e. The van der Waals surface area contributed by atoms with Crippen LogP contribution in [-0.2, 0) is 14.3 Å². The van der Waals surface area contributed by atoms with Crippen molar-refractivity contribution < 1.29 is 19.1 Å². The molecule has 0 N–H and O–H groups in total. The number of amides is 2. The molecule has 1 spiro atoms. The smallest absolute Gasteiger partial charge is 0.254 e. The number of aromatic nitrogens is 1. The molecule has 2 amide bonds. The molecule has 3 saturated heterocycles. The number of hydrogen-bond acceptors (Lipinski definition) is 6. The SMILES string of the molecule is O=CN1CCN(c2cc(C(=O)N3CCC4(CC3)OCCO4)ccn2)CC1. The van der Waals surface area contributed by atoms with Crippen LogP contribution >= 0.6 is 0 Å². The Morgan fingerprint density at radius 2 is 1.77 bits per heavy atom. The number of hydrogen-bond donors (Lipinski definition) is 0. The van der Waals surface area contributed by atoms with Crippen LogP contribution in [0.2, 0.25) is 0 Å². The van der Waals surface area contributed by atoms with Crippen LogP contribution in [0.3, 0.4) is 0 Å². The molecule has 0 atom stereocenters. The molecule has 3 aliphatic heterocycles. The number of carbonyl (C=O) groups excluding carboxylic acids is 2. The third-order valence-electron chi connectivity index (χ3n) is 5.41. The van der Waals surface area contributed by atoms with Crippen molar-refractivity contribution in [2.24, 2.45) is 0 Å². The fourth-order valence-electron chi connectivity index (χ4n) is 3.80. The molecule has 4 rings (SSSR count). The third-order valence-corrected chi connectivity index (χ3v) is 5.41. The summed E-state index contributed by atoms with van der Waals surface area (Å²) in [4.78, 5) is 33.9. The van der Waals surface area contributed by atoms with Crippen LogP contribution in [0.15, 0.2) is 18.3 Å². The second-order valence-electron chi connectivity index (χ2n) is 6.93. The van der Waals surface area contributed by atoms with Crippen molar-refractivity contribution in [1.82, 2.24) is 14.8 Å². The molecule has 0 radical (unpaired) electrons. The van der Waals surface area contributed by atoms with Crippen LogP contribution in [0.1, 0.15) is 23.2 Å². The predicted octanol–water partition coefficient (Wildman–Crippen LogP) is 0.339. The van der Waals surface area contributed by atoms with Gasteiger partial charge in [0.2, 0.25) is 6.41 Å². The summed E-state index contributed by atoms with van der Waals surface area (Å²) in [6.45, 7) is 5.35. The second kappa shape index (κ2) is 7.20. The first-order valence-electron chi connectivity index (χ1n) is 9.17. The van der Waals surface area contributed by atoms with Gasteiger partial charge < -0.3 is 24.2 Å². The Balaban J connectivity index is 1.40. The van der Waals surface area contributed by atoms with Gasteiger partial charge in [-0.25, -0.2) is 4.98 Å². The first kappa shape index (κ1) is 17.2. The van der Waals surface area contributed by atoms with Gasteiger partial charge in [-0.05, 0) is 12.1 Å². The van der Waals surface area contributed by atoms with E-state index in [1.807, 2.05) is 11.0 Å². The van der Waals surface area contributed by atoms with Crippen LogP contribution in [0, 0.1) is 0 Å². The lowest BCUT2D eigenvalue weighted by molar-refractivity contribution is -0.181. The zero-order valence-electron chi connectivity index (χ0n) is 14.8. The molecule has 8 heteroatoms. The van der Waals surface area contributed by atoms with Gasteiger partial charge in [-0.2, -0.15) is 0 Å². The average Bonchev–Trinajstić information content (AvgIpc) is 3.16. The highest BCUT2D eigenvalue weighted by molar-refractivity contribution is 5.95. The molecule has 0 aliphatic carbocycles. The summed E-state index contributed by atoms with van der Waals surface area (Å²) in [5.74, 6) is 0.337. The maximum absolute atomic E-state index is 12.9. The fourth-order valence-corrected chi connectivity index (χ4v) is 3.80. The fraction of sp³-hybridized carbons (Fsp3) is 0.611. The summed E-state index contributed by atoms with van der Waals surface area (Å²) in [7, 11) is 0. The predicted molar refractivity (Wildman–Crippen MR) is 93.9 cm³/mol. The Bertz CT molecular complexity index is 659. The number of likely N-dealkylation sites (tertiary alicyclic amines) is 1. The Morgan fingerprint density at radius 1 is 1.08 bits per heavy atom. The van der Waals surface area contributed by atoms with Gasteiger partial charge in [0, 0.05) is 63.9 Å². The molecule has 4 heterocycles. The molecular formula is C18H24N4O4. The molecule has 3 fully saturated rings. The highest BCUT2D eigenvalue weighted by Gasteiger charge is 2.40. The molecule has 1 aromatic rings. The monoisotopic (exact) mass is 360 g/mol. The van der Waals surface area contributed by atoms with Crippen LogP contribution < -0.4 is 4.90 Å². The Labute approximate surface area is 152 Å². The number of nitrogens with zero attached hydrogens (tertiary/aromatic N) is 4. The van der Waals surface area contributed by atoms with Gasteiger partial charge in [-0.3, -0.25) is 9.59 Å². The van der Waals surface area contributed by atoms with E-state index >= 15 is 0 Å². The van der Waals surface area contributed by atoms with E-state index in [0.29, 0.717) is 57.8 Å². The van der Waals surface area contributed by atoms with Crippen LogP contribution in [0.4, 0.5) is 5.82 Å². The van der Waals surface area contributed by atoms with Gasteiger partial charge in [-0.1, -0.05) is 0 Å². The van der Waals surface area contributed by atoms with Gasteiger partial charge in [0.25, 0.3) is 5.91 Å². The Morgan fingerprint density at radius 3 is 2.42 bits per heavy atom. The molecule has 140 valence electrons. The average molecular weight is 360 g/mol. The van der Waals surface area contributed by atoms with E-state index in [-0.39, 0.29) is 5.91 Å². The van der Waals surface area contributed by atoms with Crippen molar-refractivity contribution in [2.45, 2.75) is 18.6 Å². The summed E-state index contributed by atoms with van der Waals surface area (Å²) in [6.07, 6.45) is 3.99. The number of anilines is 1. The summed E-state index contributed by atoms with van der Waals surface area (Å²) < 4.78 is 11.5. The minimum Gasteiger partial charge on any atom is -0.353 e. The Kier molecular flexibility index (Phi) is 4.78. The summed E-state index contributed by atoms with van der Waals surface area (Å²) in [6, 6.07) is 3.62. The molecule has 3 aliphatic rings. The van der Waals surface area contributed by atoms with Crippen LogP contribution in [-0.4, -0.2) is 85.4 Å². The first-order chi connectivity index (χ1) is 12.7. The third kappa shape index (κ3) is 3.39. The van der Waals surface area contributed by atoms with E-state index in [0.717, 1.165) is 25.3 Å². The van der Waals surface area contributed by atoms with Gasteiger partial charge in [0.15, 0.2) is 5.79 Å². The van der Waals surface area contributed by atoms with Crippen molar-refractivity contribution in [3.8, 4) is 0 Å². The van der Waals surface area contributed by atoms with Gasteiger partial charge in [-0.15, -0.1) is 0 Å². The molecule has 0 unspecified atom stereocenters. The molecule has 8 nitrogen and oxygen atoms in total. The van der Waals surface area contributed by atoms with E-state index < -0.39 is 5.79 Å². The topological polar surface area (TPSA) is 75.2 Å².